The van der Waals surface area contributed by atoms with Gasteiger partial charge in [-0.2, -0.15) is 0 Å². The molecule has 1 aromatic heterocycles. The molecule has 2 aromatic rings. The van der Waals surface area contributed by atoms with E-state index in [2.05, 4.69) is 4.72 Å². The highest BCUT2D eigenvalue weighted by atomic mass is 32.2. The molecule has 118 valence electrons. The minimum atomic E-state index is -3.75. The molecule has 0 saturated carbocycles. The molecule has 1 aromatic carbocycles. The van der Waals surface area contributed by atoms with Gasteiger partial charge in [-0.25, -0.2) is 13.1 Å². The summed E-state index contributed by atoms with van der Waals surface area (Å²) in [6.07, 6.45) is 0. The zero-order chi connectivity index (χ0) is 16.3. The van der Waals surface area contributed by atoms with Gasteiger partial charge in [0.25, 0.3) is 0 Å². The normalized spacial score (nSPS) is 11.5. The topological polar surface area (TPSA) is 117 Å². The van der Waals surface area contributed by atoms with E-state index < -0.39 is 27.8 Å². The van der Waals surface area contributed by atoms with Gasteiger partial charge in [0.05, 0.1) is 11.4 Å². The number of benzene rings is 1. The van der Waals surface area contributed by atoms with Gasteiger partial charge in [-0.3, -0.25) is 4.79 Å². The number of nitrogens with one attached hydrogen (secondary N) is 1. The molecular formula is C14H15NO6S. The fourth-order valence-electron chi connectivity index (χ4n) is 1.75. The number of rotatable bonds is 5. The highest BCUT2D eigenvalue weighted by Gasteiger charge is 2.16. The van der Waals surface area contributed by atoms with E-state index in [0.717, 1.165) is 11.6 Å². The van der Waals surface area contributed by atoms with Crippen molar-refractivity contribution < 1.29 is 23.0 Å². The third-order valence-corrected chi connectivity index (χ3v) is 4.37. The molecule has 1 heterocycles. The number of aryl methyl sites for hydroxylation is 1. The lowest BCUT2D eigenvalue weighted by atomic mass is 10.2. The van der Waals surface area contributed by atoms with Crippen LogP contribution in [0.3, 0.4) is 0 Å². The molecule has 0 aliphatic carbocycles. The lowest BCUT2D eigenvalue weighted by molar-refractivity contribution is 0.227. The second kappa shape index (κ2) is 6.30. The second-order valence-electron chi connectivity index (χ2n) is 4.64. The Bertz CT molecular complexity index is 823. The minimum Gasteiger partial charge on any atom is -0.502 e. The molecular weight excluding hydrogens is 310 g/mol. The van der Waals surface area contributed by atoms with Gasteiger partial charge in [0.15, 0.2) is 5.76 Å². The van der Waals surface area contributed by atoms with Crippen molar-refractivity contribution in [1.82, 2.24) is 4.72 Å². The maximum absolute atomic E-state index is 12.1. The summed E-state index contributed by atoms with van der Waals surface area (Å²) < 4.78 is 31.5. The molecule has 0 unspecified atom stereocenters. The fraction of sp³-hybridized carbons (Fsp3) is 0.214. The number of sulfonamides is 1. The van der Waals surface area contributed by atoms with Crippen LogP contribution in [0.4, 0.5) is 0 Å². The van der Waals surface area contributed by atoms with Gasteiger partial charge in [0.2, 0.25) is 21.2 Å². The van der Waals surface area contributed by atoms with Crippen molar-refractivity contribution in [2.45, 2.75) is 25.0 Å². The minimum absolute atomic E-state index is 0.0115. The van der Waals surface area contributed by atoms with Crippen LogP contribution < -0.4 is 10.2 Å². The summed E-state index contributed by atoms with van der Waals surface area (Å²) in [7, 11) is -3.75. The summed E-state index contributed by atoms with van der Waals surface area (Å²) in [5.41, 5.74) is 0.177. The van der Waals surface area contributed by atoms with E-state index >= 15 is 0 Å². The van der Waals surface area contributed by atoms with Crippen LogP contribution in [0.15, 0.2) is 44.4 Å². The third-order valence-electron chi connectivity index (χ3n) is 2.96. The number of aliphatic hydroxyl groups excluding tert-OH is 1. The van der Waals surface area contributed by atoms with Gasteiger partial charge in [-0.1, -0.05) is 17.7 Å². The molecule has 0 atom stereocenters. The summed E-state index contributed by atoms with van der Waals surface area (Å²) >= 11 is 0. The fourth-order valence-corrected chi connectivity index (χ4v) is 2.74. The van der Waals surface area contributed by atoms with E-state index in [1.807, 2.05) is 6.92 Å². The van der Waals surface area contributed by atoms with Gasteiger partial charge < -0.3 is 14.6 Å². The Labute approximate surface area is 126 Å². The molecule has 0 bridgehead atoms. The molecule has 0 spiro atoms. The maximum Gasteiger partial charge on any atom is 0.240 e. The molecule has 0 aliphatic heterocycles. The van der Waals surface area contributed by atoms with Gasteiger partial charge in [-0.05, 0) is 19.1 Å². The molecule has 3 N–H and O–H groups in total. The van der Waals surface area contributed by atoms with Crippen LogP contribution in [0.5, 0.6) is 5.75 Å². The first kappa shape index (κ1) is 16.2. The van der Waals surface area contributed by atoms with Crippen LogP contribution in [0, 0.1) is 6.92 Å². The van der Waals surface area contributed by atoms with Crippen LogP contribution >= 0.6 is 0 Å². The van der Waals surface area contributed by atoms with Gasteiger partial charge in [0, 0.05) is 6.07 Å². The molecule has 0 saturated heterocycles. The lowest BCUT2D eigenvalue weighted by Crippen LogP contribution is -2.24. The molecule has 22 heavy (non-hydrogen) atoms. The molecule has 8 heteroatoms. The lowest BCUT2D eigenvalue weighted by Gasteiger charge is -2.08. The Balaban J connectivity index is 2.21. The standard InChI is InChI=1S/C14H15NO6S/c1-9-2-4-11(5-3-9)22(19,20)15-7-10-6-12(17)14(18)13(8-16)21-10/h2-6,15-16,18H,7-8H2,1H3. The van der Waals surface area contributed by atoms with Crippen molar-refractivity contribution in [3.8, 4) is 5.75 Å². The predicted molar refractivity (Wildman–Crippen MR) is 77.8 cm³/mol. The second-order valence-corrected chi connectivity index (χ2v) is 6.41. The average molecular weight is 325 g/mol. The van der Waals surface area contributed by atoms with Gasteiger partial charge in [-0.15, -0.1) is 0 Å². The van der Waals surface area contributed by atoms with Crippen LogP contribution in [0.2, 0.25) is 0 Å². The zero-order valence-electron chi connectivity index (χ0n) is 11.7. The molecule has 0 aliphatic rings. The molecule has 2 rings (SSSR count). The summed E-state index contributed by atoms with van der Waals surface area (Å²) in [5.74, 6) is -1.01. The first-order valence-corrected chi connectivity index (χ1v) is 7.84. The van der Waals surface area contributed by atoms with Crippen LogP contribution in [-0.2, 0) is 23.2 Å². The Morgan fingerprint density at radius 1 is 1.23 bits per heavy atom. The van der Waals surface area contributed by atoms with E-state index in [1.54, 1.807) is 12.1 Å². The van der Waals surface area contributed by atoms with E-state index in [1.165, 1.54) is 12.1 Å². The first-order chi connectivity index (χ1) is 10.3. The van der Waals surface area contributed by atoms with Crippen LogP contribution in [0.25, 0.3) is 0 Å². The molecule has 7 nitrogen and oxygen atoms in total. The Morgan fingerprint density at radius 3 is 2.45 bits per heavy atom. The number of hydrogen-bond donors (Lipinski definition) is 3. The van der Waals surface area contributed by atoms with E-state index in [-0.39, 0.29) is 23.0 Å². The maximum atomic E-state index is 12.1. The van der Waals surface area contributed by atoms with E-state index in [4.69, 9.17) is 9.52 Å². The average Bonchev–Trinajstić information content (AvgIpc) is 2.49. The van der Waals surface area contributed by atoms with Crippen LogP contribution in [-0.4, -0.2) is 18.6 Å². The highest BCUT2D eigenvalue weighted by Crippen LogP contribution is 2.15. The largest absolute Gasteiger partial charge is 0.502 e. The summed E-state index contributed by atoms with van der Waals surface area (Å²) in [6.45, 7) is 0.893. The molecule has 0 radical (unpaired) electrons. The quantitative estimate of drug-likeness (QED) is 0.742. The highest BCUT2D eigenvalue weighted by molar-refractivity contribution is 7.89. The summed E-state index contributed by atoms with van der Waals surface area (Å²) in [6, 6.07) is 7.22. The zero-order valence-corrected chi connectivity index (χ0v) is 12.6. The SMILES string of the molecule is Cc1ccc(S(=O)(=O)NCc2cc(=O)c(O)c(CO)o2)cc1. The number of aliphatic hydroxyl groups is 1. The summed E-state index contributed by atoms with van der Waals surface area (Å²) in [5, 5.41) is 18.3. The van der Waals surface area contributed by atoms with E-state index in [0.29, 0.717) is 0 Å². The van der Waals surface area contributed by atoms with Crippen molar-refractivity contribution in [3.63, 3.8) is 0 Å². The van der Waals surface area contributed by atoms with Crippen molar-refractivity contribution in [2.75, 3.05) is 0 Å². The Hall–Kier alpha value is -2.16. The van der Waals surface area contributed by atoms with Crippen molar-refractivity contribution in [1.29, 1.82) is 0 Å². The smallest absolute Gasteiger partial charge is 0.240 e. The Kier molecular flexibility index (Phi) is 4.65. The third kappa shape index (κ3) is 3.53. The number of aromatic hydroxyl groups is 1. The summed E-state index contributed by atoms with van der Waals surface area (Å²) in [4.78, 5) is 11.5. The van der Waals surface area contributed by atoms with Crippen molar-refractivity contribution in [3.05, 3.63) is 57.6 Å². The van der Waals surface area contributed by atoms with Crippen molar-refractivity contribution in [2.24, 2.45) is 0 Å². The van der Waals surface area contributed by atoms with Crippen molar-refractivity contribution >= 4 is 10.0 Å². The van der Waals surface area contributed by atoms with E-state index in [9.17, 15) is 18.3 Å². The van der Waals surface area contributed by atoms with Crippen LogP contribution in [0.1, 0.15) is 17.1 Å². The monoisotopic (exact) mass is 325 g/mol. The molecule has 0 amide bonds. The van der Waals surface area contributed by atoms with Gasteiger partial charge >= 0.3 is 0 Å². The number of hydrogen-bond acceptors (Lipinski definition) is 6. The molecule has 0 fully saturated rings. The van der Waals surface area contributed by atoms with Gasteiger partial charge in [0.1, 0.15) is 12.4 Å². The Morgan fingerprint density at radius 2 is 1.86 bits per heavy atom. The first-order valence-electron chi connectivity index (χ1n) is 6.35. The predicted octanol–water partition coefficient (Wildman–Crippen LogP) is 0.625.